The number of hydrogen-bond acceptors (Lipinski definition) is 4. The van der Waals surface area contributed by atoms with Crippen molar-refractivity contribution in [2.24, 2.45) is 0 Å². The lowest BCUT2D eigenvalue weighted by Gasteiger charge is -2.04. The third kappa shape index (κ3) is 3.23. The van der Waals surface area contributed by atoms with Crippen LogP contribution in [0, 0.1) is 6.92 Å². The molecule has 5 heteroatoms. The van der Waals surface area contributed by atoms with E-state index in [1.165, 1.54) is 0 Å². The van der Waals surface area contributed by atoms with Gasteiger partial charge in [0.25, 0.3) is 5.91 Å². The van der Waals surface area contributed by atoms with Gasteiger partial charge in [-0.25, -0.2) is 0 Å². The molecule has 3 rings (SSSR count). The van der Waals surface area contributed by atoms with Gasteiger partial charge < -0.3 is 14.6 Å². The van der Waals surface area contributed by atoms with Gasteiger partial charge in [-0.2, -0.15) is 0 Å². The normalized spacial score (nSPS) is 10.3. The minimum Gasteiger partial charge on any atom is -0.496 e. The molecule has 23 heavy (non-hydrogen) atoms. The topological polar surface area (TPSA) is 64.4 Å². The summed E-state index contributed by atoms with van der Waals surface area (Å²) in [4.78, 5) is 12.3. The van der Waals surface area contributed by atoms with E-state index in [0.717, 1.165) is 16.8 Å². The largest absolute Gasteiger partial charge is 0.496 e. The van der Waals surface area contributed by atoms with Gasteiger partial charge >= 0.3 is 0 Å². The first-order chi connectivity index (χ1) is 11.2. The number of carbonyl (C=O) groups excluding carboxylic acids is 1. The molecule has 116 valence electrons. The van der Waals surface area contributed by atoms with Crippen LogP contribution in [0.15, 0.2) is 59.1 Å². The van der Waals surface area contributed by atoms with Crippen LogP contribution in [0.5, 0.6) is 5.75 Å². The molecule has 0 saturated heterocycles. The summed E-state index contributed by atoms with van der Waals surface area (Å²) in [5, 5.41) is 6.64. The van der Waals surface area contributed by atoms with Crippen molar-refractivity contribution >= 4 is 11.6 Å². The zero-order valence-electron chi connectivity index (χ0n) is 12.9. The van der Waals surface area contributed by atoms with Crippen molar-refractivity contribution in [3.8, 4) is 17.1 Å². The SMILES string of the molecule is COc1ccccc1-c1cc(C(=O)Nc2cccc(C)c2)no1. The van der Waals surface area contributed by atoms with Crippen LogP contribution in [-0.2, 0) is 0 Å². The lowest BCUT2D eigenvalue weighted by molar-refractivity contribution is 0.101. The number of ether oxygens (including phenoxy) is 1. The summed E-state index contributed by atoms with van der Waals surface area (Å²) in [6, 6.07) is 16.6. The number of amides is 1. The molecule has 0 saturated carbocycles. The van der Waals surface area contributed by atoms with E-state index < -0.39 is 0 Å². The van der Waals surface area contributed by atoms with E-state index in [-0.39, 0.29) is 11.6 Å². The average Bonchev–Trinajstić information content (AvgIpc) is 3.05. The zero-order chi connectivity index (χ0) is 16.2. The lowest BCUT2D eigenvalue weighted by Crippen LogP contribution is -2.12. The van der Waals surface area contributed by atoms with Crippen LogP contribution in [0.4, 0.5) is 5.69 Å². The Morgan fingerprint density at radius 2 is 1.96 bits per heavy atom. The van der Waals surface area contributed by atoms with Crippen molar-refractivity contribution in [2.45, 2.75) is 6.92 Å². The number of hydrogen-bond donors (Lipinski definition) is 1. The Bertz CT molecular complexity index is 840. The number of nitrogens with one attached hydrogen (secondary N) is 1. The van der Waals surface area contributed by atoms with E-state index in [1.54, 1.807) is 13.2 Å². The number of nitrogens with zero attached hydrogens (tertiary/aromatic N) is 1. The highest BCUT2D eigenvalue weighted by molar-refractivity contribution is 6.03. The summed E-state index contributed by atoms with van der Waals surface area (Å²) in [5.41, 5.74) is 2.75. The third-order valence-corrected chi connectivity index (χ3v) is 3.39. The summed E-state index contributed by atoms with van der Waals surface area (Å²) in [5.74, 6) is 0.826. The molecule has 0 aliphatic heterocycles. The summed E-state index contributed by atoms with van der Waals surface area (Å²) in [6.07, 6.45) is 0. The van der Waals surface area contributed by atoms with Crippen molar-refractivity contribution in [1.29, 1.82) is 0 Å². The molecule has 0 aliphatic rings. The molecule has 0 unspecified atom stereocenters. The molecule has 2 aromatic carbocycles. The molecule has 1 N–H and O–H groups in total. The highest BCUT2D eigenvalue weighted by atomic mass is 16.5. The summed E-state index contributed by atoms with van der Waals surface area (Å²) in [7, 11) is 1.58. The number of methoxy groups -OCH3 is 1. The Kier molecular flexibility index (Phi) is 4.10. The monoisotopic (exact) mass is 308 g/mol. The number of carbonyl (C=O) groups is 1. The van der Waals surface area contributed by atoms with Gasteiger partial charge in [0, 0.05) is 11.8 Å². The standard InChI is InChI=1S/C18H16N2O3/c1-12-6-5-7-13(10-12)19-18(21)15-11-17(23-20-15)14-8-3-4-9-16(14)22-2/h3-11H,1-2H3,(H,19,21). The van der Waals surface area contributed by atoms with E-state index >= 15 is 0 Å². The van der Waals surface area contributed by atoms with Crippen LogP contribution in [0.2, 0.25) is 0 Å². The summed E-state index contributed by atoms with van der Waals surface area (Å²) >= 11 is 0. The van der Waals surface area contributed by atoms with Crippen molar-refractivity contribution < 1.29 is 14.1 Å². The highest BCUT2D eigenvalue weighted by Gasteiger charge is 2.16. The maximum Gasteiger partial charge on any atom is 0.277 e. The molecular weight excluding hydrogens is 292 g/mol. The van der Waals surface area contributed by atoms with Crippen LogP contribution in [0.25, 0.3) is 11.3 Å². The second-order valence-corrected chi connectivity index (χ2v) is 5.10. The first-order valence-electron chi connectivity index (χ1n) is 7.15. The summed E-state index contributed by atoms with van der Waals surface area (Å²) in [6.45, 7) is 1.96. The molecule has 0 spiro atoms. The zero-order valence-corrected chi connectivity index (χ0v) is 12.9. The van der Waals surface area contributed by atoms with Crippen molar-refractivity contribution in [3.05, 3.63) is 65.9 Å². The van der Waals surface area contributed by atoms with E-state index in [1.807, 2.05) is 55.5 Å². The minimum atomic E-state index is -0.319. The highest BCUT2D eigenvalue weighted by Crippen LogP contribution is 2.30. The number of aromatic nitrogens is 1. The Balaban J connectivity index is 1.83. The molecule has 0 bridgehead atoms. The van der Waals surface area contributed by atoms with Gasteiger partial charge in [0.15, 0.2) is 11.5 Å². The Labute approximate surface area is 133 Å². The van der Waals surface area contributed by atoms with Gasteiger partial charge in [0.2, 0.25) is 0 Å². The van der Waals surface area contributed by atoms with E-state index in [0.29, 0.717) is 11.5 Å². The van der Waals surface area contributed by atoms with Gasteiger partial charge in [0.05, 0.1) is 12.7 Å². The first-order valence-corrected chi connectivity index (χ1v) is 7.15. The second-order valence-electron chi connectivity index (χ2n) is 5.10. The molecule has 1 aromatic heterocycles. The maximum absolute atomic E-state index is 12.3. The molecule has 1 amide bonds. The van der Waals surface area contributed by atoms with Crippen molar-refractivity contribution in [3.63, 3.8) is 0 Å². The molecule has 0 radical (unpaired) electrons. The number of anilines is 1. The first kappa shape index (κ1) is 14.8. The molecule has 0 aliphatic carbocycles. The molecule has 1 heterocycles. The fraction of sp³-hybridized carbons (Fsp3) is 0.111. The molecule has 0 fully saturated rings. The van der Waals surface area contributed by atoms with Crippen LogP contribution >= 0.6 is 0 Å². The van der Waals surface area contributed by atoms with E-state index in [4.69, 9.17) is 9.26 Å². The number of para-hydroxylation sites is 1. The maximum atomic E-state index is 12.3. The number of benzene rings is 2. The number of aryl methyl sites for hydroxylation is 1. The Morgan fingerprint density at radius 1 is 1.13 bits per heavy atom. The van der Waals surface area contributed by atoms with E-state index in [2.05, 4.69) is 10.5 Å². The van der Waals surface area contributed by atoms with Gasteiger partial charge in [-0.1, -0.05) is 29.4 Å². The minimum absolute atomic E-state index is 0.215. The number of rotatable bonds is 4. The Morgan fingerprint density at radius 3 is 2.74 bits per heavy atom. The fourth-order valence-electron chi connectivity index (χ4n) is 2.28. The van der Waals surface area contributed by atoms with Crippen LogP contribution in [-0.4, -0.2) is 18.2 Å². The predicted molar refractivity (Wildman–Crippen MR) is 87.6 cm³/mol. The fourth-order valence-corrected chi connectivity index (χ4v) is 2.28. The lowest BCUT2D eigenvalue weighted by atomic mass is 10.1. The Hall–Kier alpha value is -3.08. The van der Waals surface area contributed by atoms with Crippen LogP contribution in [0.3, 0.4) is 0 Å². The van der Waals surface area contributed by atoms with Gasteiger partial charge in [-0.05, 0) is 36.8 Å². The second kappa shape index (κ2) is 6.36. The summed E-state index contributed by atoms with van der Waals surface area (Å²) < 4.78 is 10.6. The molecular formula is C18H16N2O3. The molecule has 3 aromatic rings. The average molecular weight is 308 g/mol. The van der Waals surface area contributed by atoms with Crippen molar-refractivity contribution in [2.75, 3.05) is 12.4 Å². The van der Waals surface area contributed by atoms with Gasteiger partial charge in [-0.15, -0.1) is 0 Å². The van der Waals surface area contributed by atoms with Crippen LogP contribution < -0.4 is 10.1 Å². The van der Waals surface area contributed by atoms with Gasteiger partial charge in [0.1, 0.15) is 5.75 Å². The van der Waals surface area contributed by atoms with E-state index in [9.17, 15) is 4.79 Å². The quantitative estimate of drug-likeness (QED) is 0.793. The smallest absolute Gasteiger partial charge is 0.277 e. The van der Waals surface area contributed by atoms with Crippen molar-refractivity contribution in [1.82, 2.24) is 5.16 Å². The third-order valence-electron chi connectivity index (χ3n) is 3.39. The van der Waals surface area contributed by atoms with Gasteiger partial charge in [-0.3, -0.25) is 4.79 Å². The predicted octanol–water partition coefficient (Wildman–Crippen LogP) is 3.91. The molecule has 5 nitrogen and oxygen atoms in total. The molecule has 0 atom stereocenters. The van der Waals surface area contributed by atoms with Crippen LogP contribution in [0.1, 0.15) is 16.1 Å².